The van der Waals surface area contributed by atoms with Crippen LogP contribution in [0.1, 0.15) is 25.7 Å². The Balaban J connectivity index is 1.64. The van der Waals surface area contributed by atoms with Gasteiger partial charge in [-0.05, 0) is 55.4 Å². The van der Waals surface area contributed by atoms with Crippen LogP contribution < -0.4 is 20.5 Å². The monoisotopic (exact) mass is 457 g/mol. The summed E-state index contributed by atoms with van der Waals surface area (Å²) in [4.78, 5) is 25.9. The fraction of sp³-hybridized carbons (Fsp3) is 0.391. The number of fused-ring (bicyclic) bond motifs is 1. The van der Waals surface area contributed by atoms with Gasteiger partial charge >= 0.3 is 7.60 Å². The van der Waals surface area contributed by atoms with Crippen LogP contribution in [0.2, 0.25) is 0 Å². The molecule has 8 nitrogen and oxygen atoms in total. The number of piperidine rings is 1. The van der Waals surface area contributed by atoms with Crippen molar-refractivity contribution < 1.29 is 23.2 Å². The molecular weight excluding hydrogens is 429 g/mol. The van der Waals surface area contributed by atoms with E-state index in [4.69, 9.17) is 20.5 Å². The van der Waals surface area contributed by atoms with Crippen molar-refractivity contribution >= 4 is 19.4 Å². The van der Waals surface area contributed by atoms with Crippen LogP contribution in [-0.2, 0) is 14.2 Å². The van der Waals surface area contributed by atoms with Crippen LogP contribution in [0.4, 0.5) is 0 Å². The van der Waals surface area contributed by atoms with Crippen molar-refractivity contribution in [2.24, 2.45) is 23.3 Å². The molecule has 0 aromatic heterocycles. The highest BCUT2D eigenvalue weighted by molar-refractivity contribution is 7.55. The Morgan fingerprint density at radius 2 is 1.53 bits per heavy atom. The number of likely N-dealkylation sites (tertiary alicyclic amines) is 1. The van der Waals surface area contributed by atoms with Crippen LogP contribution in [0.15, 0.2) is 60.7 Å². The Hall–Kier alpha value is -2.83. The number of carbonyl (C=O) groups excluding carboxylic acids is 2. The minimum atomic E-state index is -3.88. The van der Waals surface area contributed by atoms with Crippen LogP contribution in [0.25, 0.3) is 0 Å². The minimum Gasteiger partial charge on any atom is -0.415 e. The molecule has 2 aliphatic rings. The molecule has 3 unspecified atom stereocenters. The number of nitrogens with two attached hydrogens (primary N) is 2. The van der Waals surface area contributed by atoms with E-state index in [0.29, 0.717) is 36.3 Å². The lowest BCUT2D eigenvalue weighted by molar-refractivity contribution is -0.135. The summed E-state index contributed by atoms with van der Waals surface area (Å²) in [7, 11) is -3.88. The molecule has 4 N–H and O–H groups in total. The van der Waals surface area contributed by atoms with E-state index in [1.54, 1.807) is 53.4 Å². The number of hydrogen-bond donors (Lipinski definition) is 2. The van der Waals surface area contributed by atoms with Gasteiger partial charge in [0.25, 0.3) is 0 Å². The van der Waals surface area contributed by atoms with E-state index in [1.807, 2.05) is 12.1 Å². The summed E-state index contributed by atoms with van der Waals surface area (Å²) in [5.74, 6) is -0.131. The molecule has 1 aliphatic heterocycles. The lowest BCUT2D eigenvalue weighted by Crippen LogP contribution is -2.52. The van der Waals surface area contributed by atoms with Crippen molar-refractivity contribution in [1.29, 1.82) is 0 Å². The molecule has 0 radical (unpaired) electrons. The second-order valence-electron chi connectivity index (χ2n) is 8.42. The summed E-state index contributed by atoms with van der Waals surface area (Å²) in [6.07, 6.45) is 1.62. The Kier molecular flexibility index (Phi) is 6.53. The zero-order chi connectivity index (χ0) is 22.7. The summed E-state index contributed by atoms with van der Waals surface area (Å²) in [5.41, 5.74) is 11.3. The summed E-state index contributed by atoms with van der Waals surface area (Å²) < 4.78 is 26.3. The number of primary amides is 1. The molecular formula is C23H28N3O5P. The van der Waals surface area contributed by atoms with Gasteiger partial charge in [-0.15, -0.1) is 0 Å². The van der Waals surface area contributed by atoms with E-state index in [1.165, 1.54) is 0 Å². The molecule has 4 rings (SSSR count). The van der Waals surface area contributed by atoms with Gasteiger partial charge in [0.15, 0.2) is 5.78 Å². The lowest BCUT2D eigenvalue weighted by Gasteiger charge is -2.39. The topological polar surface area (TPSA) is 125 Å². The first kappa shape index (κ1) is 22.4. The number of hydrogen-bond acceptors (Lipinski definition) is 6. The zero-order valence-corrected chi connectivity index (χ0v) is 18.6. The molecule has 0 spiro atoms. The number of amides is 2. The van der Waals surface area contributed by atoms with Gasteiger partial charge in [0.05, 0.1) is 6.04 Å². The number of nitrogens with zero attached hydrogens (tertiary/aromatic N) is 1. The third-order valence-corrected chi connectivity index (χ3v) is 8.14. The highest BCUT2D eigenvalue weighted by atomic mass is 31.2. The first-order valence-corrected chi connectivity index (χ1v) is 12.4. The van der Waals surface area contributed by atoms with Crippen LogP contribution >= 0.6 is 7.60 Å². The average Bonchev–Trinajstić information content (AvgIpc) is 3.56. The fourth-order valence-corrected chi connectivity index (χ4v) is 6.35. The molecule has 0 bridgehead atoms. The standard InChI is InChI=1S/C23H28N3O5P/c24-20(11-12-21(25)27)23(28)26-15-17-13-16(17)14-22(26)32(29,30-18-7-3-1-4-8-18)31-19-9-5-2-6-10-19/h1-10,16-17,20,22H,11-15,24H2,(H2,25,27)/t16?,17?,20-,22?/m0/s1. The van der Waals surface area contributed by atoms with Crippen LogP contribution in [0.5, 0.6) is 11.5 Å². The predicted molar refractivity (Wildman–Crippen MR) is 120 cm³/mol. The van der Waals surface area contributed by atoms with E-state index in [9.17, 15) is 14.2 Å². The molecule has 2 amide bonds. The molecule has 2 fully saturated rings. The third-order valence-electron chi connectivity index (χ3n) is 5.99. The number of rotatable bonds is 9. The van der Waals surface area contributed by atoms with Gasteiger partial charge in [0.1, 0.15) is 11.5 Å². The summed E-state index contributed by atoms with van der Waals surface area (Å²) >= 11 is 0. The second-order valence-corrected chi connectivity index (χ2v) is 10.5. The smallest absolute Gasteiger partial charge is 0.415 e. The average molecular weight is 457 g/mol. The largest absolute Gasteiger partial charge is 0.453 e. The Bertz CT molecular complexity index is 958. The maximum Gasteiger partial charge on any atom is 0.453 e. The number of carbonyl (C=O) groups is 2. The summed E-state index contributed by atoms with van der Waals surface area (Å²) in [6, 6.07) is 16.7. The van der Waals surface area contributed by atoms with Gasteiger partial charge < -0.3 is 25.4 Å². The van der Waals surface area contributed by atoms with E-state index in [0.717, 1.165) is 6.42 Å². The highest BCUT2D eigenvalue weighted by Crippen LogP contribution is 2.61. The van der Waals surface area contributed by atoms with Gasteiger partial charge in [0, 0.05) is 13.0 Å². The van der Waals surface area contributed by atoms with Gasteiger partial charge in [-0.2, -0.15) is 0 Å². The van der Waals surface area contributed by atoms with E-state index in [-0.39, 0.29) is 18.7 Å². The fourth-order valence-electron chi connectivity index (χ4n) is 4.16. The van der Waals surface area contributed by atoms with Gasteiger partial charge in [-0.25, -0.2) is 4.57 Å². The molecule has 2 aromatic carbocycles. The van der Waals surface area contributed by atoms with Crippen molar-refractivity contribution in [2.75, 3.05) is 6.54 Å². The molecule has 170 valence electrons. The first-order valence-electron chi connectivity index (χ1n) is 10.8. The number of benzene rings is 2. The molecule has 2 aromatic rings. The Morgan fingerprint density at radius 3 is 2.06 bits per heavy atom. The minimum absolute atomic E-state index is 0.0101. The quantitative estimate of drug-likeness (QED) is 0.558. The zero-order valence-electron chi connectivity index (χ0n) is 17.7. The van der Waals surface area contributed by atoms with E-state index < -0.39 is 25.3 Å². The molecule has 1 saturated heterocycles. The van der Waals surface area contributed by atoms with Crippen molar-refractivity contribution in [3.8, 4) is 11.5 Å². The van der Waals surface area contributed by atoms with Crippen molar-refractivity contribution in [2.45, 2.75) is 37.5 Å². The molecule has 4 atom stereocenters. The third kappa shape index (κ3) is 5.14. The molecule has 9 heteroatoms. The lowest BCUT2D eigenvalue weighted by atomic mass is 10.1. The molecule has 1 aliphatic carbocycles. The second kappa shape index (κ2) is 9.35. The number of para-hydroxylation sites is 2. The molecule has 32 heavy (non-hydrogen) atoms. The summed E-state index contributed by atoms with van der Waals surface area (Å²) in [6.45, 7) is 0.443. The van der Waals surface area contributed by atoms with Crippen LogP contribution in [0.3, 0.4) is 0 Å². The molecule has 1 saturated carbocycles. The maximum absolute atomic E-state index is 14.3. The first-order chi connectivity index (χ1) is 15.4. The van der Waals surface area contributed by atoms with Crippen molar-refractivity contribution in [3.63, 3.8) is 0 Å². The van der Waals surface area contributed by atoms with E-state index >= 15 is 0 Å². The molecule has 1 heterocycles. The van der Waals surface area contributed by atoms with Crippen molar-refractivity contribution in [3.05, 3.63) is 60.7 Å². The van der Waals surface area contributed by atoms with E-state index in [2.05, 4.69) is 0 Å². The van der Waals surface area contributed by atoms with Crippen LogP contribution in [0, 0.1) is 11.8 Å². The Morgan fingerprint density at radius 1 is 0.969 bits per heavy atom. The van der Waals surface area contributed by atoms with Gasteiger partial charge in [-0.3, -0.25) is 9.59 Å². The van der Waals surface area contributed by atoms with Crippen molar-refractivity contribution in [1.82, 2.24) is 4.90 Å². The summed E-state index contributed by atoms with van der Waals surface area (Å²) in [5, 5.41) is 0. The maximum atomic E-state index is 14.3. The van der Waals surface area contributed by atoms with Gasteiger partial charge in [0.2, 0.25) is 11.8 Å². The van der Waals surface area contributed by atoms with Crippen LogP contribution in [-0.4, -0.2) is 35.1 Å². The normalized spacial score (nSPS) is 23.0. The Labute approximate surface area is 187 Å². The van der Waals surface area contributed by atoms with Gasteiger partial charge in [-0.1, -0.05) is 36.4 Å². The SMILES string of the molecule is NC(=O)CC[C@H](N)C(=O)N1CC2CC2CC1P(=O)(Oc1ccccc1)Oc1ccccc1. The highest BCUT2D eigenvalue weighted by Gasteiger charge is 2.56. The predicted octanol–water partition coefficient (Wildman–Crippen LogP) is 3.12.